The Morgan fingerprint density at radius 1 is 1.77 bits per heavy atom. The summed E-state index contributed by atoms with van der Waals surface area (Å²) in [6.45, 7) is 2.76. The SMILES string of the molecule is C#CCCC(O)c1ccnn1CC. The van der Waals surface area contributed by atoms with Gasteiger partial charge in [0.1, 0.15) is 0 Å². The Bertz CT molecular complexity index is 298. The van der Waals surface area contributed by atoms with Crippen molar-refractivity contribution in [3.63, 3.8) is 0 Å². The van der Waals surface area contributed by atoms with E-state index in [0.717, 1.165) is 12.2 Å². The van der Waals surface area contributed by atoms with Gasteiger partial charge in [-0.1, -0.05) is 0 Å². The van der Waals surface area contributed by atoms with Crippen LogP contribution in [0.15, 0.2) is 12.3 Å². The molecular formula is C10H14N2O. The van der Waals surface area contributed by atoms with Crippen LogP contribution in [0.4, 0.5) is 0 Å². The largest absolute Gasteiger partial charge is 0.387 e. The molecule has 1 aromatic rings. The van der Waals surface area contributed by atoms with Crippen LogP contribution in [0, 0.1) is 12.3 Å². The molecule has 0 aliphatic heterocycles. The van der Waals surface area contributed by atoms with Crippen LogP contribution in [-0.4, -0.2) is 14.9 Å². The molecule has 70 valence electrons. The van der Waals surface area contributed by atoms with E-state index < -0.39 is 6.10 Å². The maximum atomic E-state index is 9.70. The number of aryl methyl sites for hydroxylation is 1. The standard InChI is InChI=1S/C10H14N2O/c1-3-5-6-10(13)9-7-8-11-12(9)4-2/h1,7-8,10,13H,4-6H2,2H3. The van der Waals surface area contributed by atoms with Gasteiger partial charge in [0, 0.05) is 19.2 Å². The maximum Gasteiger partial charge on any atom is 0.0965 e. The van der Waals surface area contributed by atoms with Crippen molar-refractivity contribution in [3.05, 3.63) is 18.0 Å². The molecule has 1 N–H and O–H groups in total. The highest BCUT2D eigenvalue weighted by Gasteiger charge is 2.10. The van der Waals surface area contributed by atoms with Gasteiger partial charge in [-0.3, -0.25) is 4.68 Å². The Balaban J connectivity index is 2.65. The van der Waals surface area contributed by atoms with E-state index in [2.05, 4.69) is 11.0 Å². The Labute approximate surface area is 78.4 Å². The fourth-order valence-corrected chi connectivity index (χ4v) is 1.26. The van der Waals surface area contributed by atoms with E-state index in [0.29, 0.717) is 12.8 Å². The number of terminal acetylenes is 1. The molecule has 1 heterocycles. The lowest BCUT2D eigenvalue weighted by molar-refractivity contribution is 0.158. The van der Waals surface area contributed by atoms with Gasteiger partial charge in [0.2, 0.25) is 0 Å². The number of aromatic nitrogens is 2. The van der Waals surface area contributed by atoms with Crippen molar-refractivity contribution in [1.29, 1.82) is 0 Å². The molecule has 1 rings (SSSR count). The third-order valence-electron chi connectivity index (χ3n) is 1.95. The Kier molecular flexibility index (Phi) is 3.53. The van der Waals surface area contributed by atoms with Crippen LogP contribution < -0.4 is 0 Å². The summed E-state index contributed by atoms with van der Waals surface area (Å²) in [7, 11) is 0. The number of nitrogens with zero attached hydrogens (tertiary/aromatic N) is 2. The minimum atomic E-state index is -0.488. The van der Waals surface area contributed by atoms with E-state index in [1.165, 1.54) is 0 Å². The molecule has 0 aromatic carbocycles. The number of hydrogen-bond acceptors (Lipinski definition) is 2. The third-order valence-corrected chi connectivity index (χ3v) is 1.95. The van der Waals surface area contributed by atoms with Crippen molar-refractivity contribution in [3.8, 4) is 12.3 Å². The monoisotopic (exact) mass is 178 g/mol. The summed E-state index contributed by atoms with van der Waals surface area (Å²) >= 11 is 0. The predicted molar refractivity (Wildman–Crippen MR) is 50.9 cm³/mol. The number of rotatable bonds is 4. The first-order valence-electron chi connectivity index (χ1n) is 4.42. The average molecular weight is 178 g/mol. The maximum absolute atomic E-state index is 9.70. The zero-order valence-electron chi connectivity index (χ0n) is 7.77. The summed E-state index contributed by atoms with van der Waals surface area (Å²) in [5.41, 5.74) is 0.845. The first-order valence-corrected chi connectivity index (χ1v) is 4.42. The van der Waals surface area contributed by atoms with Gasteiger partial charge in [-0.25, -0.2) is 0 Å². The Hall–Kier alpha value is -1.27. The molecule has 0 radical (unpaired) electrons. The molecule has 1 atom stereocenters. The van der Waals surface area contributed by atoms with Crippen molar-refractivity contribution in [2.75, 3.05) is 0 Å². The zero-order valence-corrected chi connectivity index (χ0v) is 7.77. The number of aliphatic hydroxyl groups excluding tert-OH is 1. The van der Waals surface area contributed by atoms with Gasteiger partial charge in [-0.2, -0.15) is 5.10 Å². The summed E-state index contributed by atoms with van der Waals surface area (Å²) < 4.78 is 1.78. The summed E-state index contributed by atoms with van der Waals surface area (Å²) in [5.74, 6) is 2.51. The van der Waals surface area contributed by atoms with Gasteiger partial charge in [0.25, 0.3) is 0 Å². The van der Waals surface area contributed by atoms with Gasteiger partial charge in [0.15, 0.2) is 0 Å². The van der Waals surface area contributed by atoms with Crippen LogP contribution in [0.1, 0.15) is 31.6 Å². The quantitative estimate of drug-likeness (QED) is 0.707. The van der Waals surface area contributed by atoms with E-state index in [1.54, 1.807) is 10.9 Å². The molecule has 0 bridgehead atoms. The minimum Gasteiger partial charge on any atom is -0.387 e. The van der Waals surface area contributed by atoms with Crippen molar-refractivity contribution in [1.82, 2.24) is 9.78 Å². The molecule has 0 fully saturated rings. The van der Waals surface area contributed by atoms with Crippen molar-refractivity contribution in [2.45, 2.75) is 32.4 Å². The molecule has 1 unspecified atom stereocenters. The van der Waals surface area contributed by atoms with Gasteiger partial charge in [0.05, 0.1) is 11.8 Å². The summed E-state index contributed by atoms with van der Waals surface area (Å²) in [6, 6.07) is 1.82. The molecule has 1 aromatic heterocycles. The van der Waals surface area contributed by atoms with Crippen LogP contribution in [0.25, 0.3) is 0 Å². The van der Waals surface area contributed by atoms with Gasteiger partial charge in [-0.05, 0) is 19.4 Å². The average Bonchev–Trinajstić information content (AvgIpc) is 2.61. The Morgan fingerprint density at radius 2 is 2.54 bits per heavy atom. The number of hydrogen-bond donors (Lipinski definition) is 1. The van der Waals surface area contributed by atoms with E-state index in [9.17, 15) is 5.11 Å². The Morgan fingerprint density at radius 3 is 3.15 bits per heavy atom. The second kappa shape index (κ2) is 4.68. The van der Waals surface area contributed by atoms with Crippen molar-refractivity contribution >= 4 is 0 Å². The molecular weight excluding hydrogens is 164 g/mol. The first-order chi connectivity index (χ1) is 6.29. The molecule has 3 heteroatoms. The second-order valence-electron chi connectivity index (χ2n) is 2.83. The van der Waals surface area contributed by atoms with Crippen molar-refractivity contribution in [2.24, 2.45) is 0 Å². The third kappa shape index (κ3) is 2.33. The highest BCUT2D eigenvalue weighted by molar-refractivity contribution is 5.05. The summed E-state index contributed by atoms with van der Waals surface area (Å²) in [6.07, 6.45) is 7.51. The van der Waals surface area contributed by atoms with Crippen molar-refractivity contribution < 1.29 is 5.11 Å². The molecule has 13 heavy (non-hydrogen) atoms. The van der Waals surface area contributed by atoms with Gasteiger partial charge in [-0.15, -0.1) is 12.3 Å². The van der Waals surface area contributed by atoms with E-state index >= 15 is 0 Å². The number of aliphatic hydroxyl groups is 1. The van der Waals surface area contributed by atoms with E-state index in [4.69, 9.17) is 6.42 Å². The summed E-state index contributed by atoms with van der Waals surface area (Å²) in [5, 5.41) is 13.8. The predicted octanol–water partition coefficient (Wildman–Crippen LogP) is 1.35. The zero-order chi connectivity index (χ0) is 9.68. The fraction of sp³-hybridized carbons (Fsp3) is 0.500. The molecule has 0 saturated heterocycles. The molecule has 3 nitrogen and oxygen atoms in total. The van der Waals surface area contributed by atoms with Gasteiger partial charge < -0.3 is 5.11 Å². The van der Waals surface area contributed by atoms with Crippen LogP contribution in [-0.2, 0) is 6.54 Å². The van der Waals surface area contributed by atoms with E-state index in [1.807, 2.05) is 13.0 Å². The lowest BCUT2D eigenvalue weighted by atomic mass is 10.1. The molecule has 0 aliphatic rings. The smallest absolute Gasteiger partial charge is 0.0965 e. The van der Waals surface area contributed by atoms with Crippen LogP contribution >= 0.6 is 0 Å². The lowest BCUT2D eigenvalue weighted by Crippen LogP contribution is -2.07. The molecule has 0 amide bonds. The lowest BCUT2D eigenvalue weighted by Gasteiger charge is -2.10. The second-order valence-corrected chi connectivity index (χ2v) is 2.83. The molecule has 0 spiro atoms. The molecule has 0 saturated carbocycles. The highest BCUT2D eigenvalue weighted by Crippen LogP contribution is 2.17. The van der Waals surface area contributed by atoms with Crippen LogP contribution in [0.3, 0.4) is 0 Å². The summed E-state index contributed by atoms with van der Waals surface area (Å²) in [4.78, 5) is 0. The van der Waals surface area contributed by atoms with E-state index in [-0.39, 0.29) is 0 Å². The molecule has 0 aliphatic carbocycles. The first kappa shape index (κ1) is 9.82. The minimum absolute atomic E-state index is 0.488. The highest BCUT2D eigenvalue weighted by atomic mass is 16.3. The fourth-order valence-electron chi connectivity index (χ4n) is 1.26. The topological polar surface area (TPSA) is 38.1 Å². The van der Waals surface area contributed by atoms with Crippen LogP contribution in [0.2, 0.25) is 0 Å². The normalized spacial score (nSPS) is 12.4. The van der Waals surface area contributed by atoms with Gasteiger partial charge >= 0.3 is 0 Å². The van der Waals surface area contributed by atoms with Crippen LogP contribution in [0.5, 0.6) is 0 Å².